The first-order chi connectivity index (χ1) is 12.5. The zero-order chi connectivity index (χ0) is 18.7. The van der Waals surface area contributed by atoms with Crippen LogP contribution in [0.3, 0.4) is 0 Å². The van der Waals surface area contributed by atoms with E-state index in [0.29, 0.717) is 40.9 Å². The molecule has 0 fully saturated rings. The molecule has 2 amide bonds. The molecule has 0 atom stereocenters. The normalized spacial score (nSPS) is 10.7. The summed E-state index contributed by atoms with van der Waals surface area (Å²) in [7, 11) is 0. The van der Waals surface area contributed by atoms with E-state index in [1.165, 1.54) is 12.1 Å². The van der Waals surface area contributed by atoms with Crippen LogP contribution in [0.15, 0.2) is 48.5 Å². The molecule has 1 heterocycles. The number of aromatic amines is 1. The average Bonchev–Trinajstić information content (AvgIpc) is 3.06. The summed E-state index contributed by atoms with van der Waals surface area (Å²) in [4.78, 5) is 29.6. The number of fused-ring (bicyclic) bond motifs is 1. The minimum Gasteiger partial charge on any atom is -0.351 e. The van der Waals surface area contributed by atoms with Crippen LogP contribution in [0.5, 0.6) is 0 Å². The third-order valence-corrected chi connectivity index (χ3v) is 4.25. The van der Waals surface area contributed by atoms with E-state index in [9.17, 15) is 14.0 Å². The van der Waals surface area contributed by atoms with Crippen LogP contribution in [-0.2, 0) is 0 Å². The Morgan fingerprint density at radius 1 is 1.08 bits per heavy atom. The molecular formula is C20H20FN3O2. The fourth-order valence-electron chi connectivity index (χ4n) is 2.85. The minimum absolute atomic E-state index is 0.0767. The topological polar surface area (TPSA) is 65.2 Å². The van der Waals surface area contributed by atoms with Crippen molar-refractivity contribution in [3.63, 3.8) is 0 Å². The predicted molar refractivity (Wildman–Crippen MR) is 99.9 cm³/mol. The summed E-state index contributed by atoms with van der Waals surface area (Å²) >= 11 is 0. The standard InChI is InChI=1S/C20H20FN3O2/c1-3-24(4-2)20(26)13-6-5-7-16(11-13)22-19(25)18-12-14-10-15(21)8-9-17(14)23-18/h5-12,23H,3-4H2,1-2H3,(H,22,25). The molecule has 0 aliphatic rings. The SMILES string of the molecule is CCN(CC)C(=O)c1cccc(NC(=O)c2cc3cc(F)ccc3[nH]2)c1. The van der Waals surface area contributed by atoms with Crippen LogP contribution in [0.25, 0.3) is 10.9 Å². The summed E-state index contributed by atoms with van der Waals surface area (Å²) in [6, 6.07) is 12.7. The molecule has 134 valence electrons. The molecule has 2 aromatic carbocycles. The van der Waals surface area contributed by atoms with Gasteiger partial charge in [0.15, 0.2) is 0 Å². The Morgan fingerprint density at radius 2 is 1.85 bits per heavy atom. The molecule has 0 spiro atoms. The van der Waals surface area contributed by atoms with Gasteiger partial charge in [0.25, 0.3) is 11.8 Å². The lowest BCUT2D eigenvalue weighted by molar-refractivity contribution is 0.0772. The van der Waals surface area contributed by atoms with Crippen molar-refractivity contribution in [2.24, 2.45) is 0 Å². The van der Waals surface area contributed by atoms with Crippen molar-refractivity contribution in [2.45, 2.75) is 13.8 Å². The van der Waals surface area contributed by atoms with Gasteiger partial charge in [-0.2, -0.15) is 0 Å². The van der Waals surface area contributed by atoms with Crippen molar-refractivity contribution in [2.75, 3.05) is 18.4 Å². The molecule has 6 heteroatoms. The van der Waals surface area contributed by atoms with Crippen molar-refractivity contribution in [1.82, 2.24) is 9.88 Å². The number of H-pyrrole nitrogens is 1. The molecule has 0 saturated carbocycles. The third kappa shape index (κ3) is 3.59. The number of anilines is 1. The number of rotatable bonds is 5. The molecule has 1 aromatic heterocycles. The highest BCUT2D eigenvalue weighted by Gasteiger charge is 2.14. The fraction of sp³-hybridized carbons (Fsp3) is 0.200. The van der Waals surface area contributed by atoms with E-state index >= 15 is 0 Å². The maximum atomic E-state index is 13.3. The molecule has 0 saturated heterocycles. The van der Waals surface area contributed by atoms with Crippen molar-refractivity contribution in [3.05, 3.63) is 65.6 Å². The molecular weight excluding hydrogens is 333 g/mol. The smallest absolute Gasteiger partial charge is 0.272 e. The van der Waals surface area contributed by atoms with Crippen molar-refractivity contribution < 1.29 is 14.0 Å². The number of hydrogen-bond donors (Lipinski definition) is 2. The molecule has 5 nitrogen and oxygen atoms in total. The first-order valence-corrected chi connectivity index (χ1v) is 8.50. The fourth-order valence-corrected chi connectivity index (χ4v) is 2.85. The minimum atomic E-state index is -0.355. The number of amides is 2. The van der Waals surface area contributed by atoms with Crippen molar-refractivity contribution >= 4 is 28.4 Å². The number of benzene rings is 2. The van der Waals surface area contributed by atoms with E-state index in [0.717, 1.165) is 0 Å². The largest absolute Gasteiger partial charge is 0.351 e. The van der Waals surface area contributed by atoms with Crippen LogP contribution < -0.4 is 5.32 Å². The lowest BCUT2D eigenvalue weighted by Crippen LogP contribution is -2.30. The summed E-state index contributed by atoms with van der Waals surface area (Å²) in [5.41, 5.74) is 2.05. The zero-order valence-electron chi connectivity index (χ0n) is 14.7. The van der Waals surface area contributed by atoms with Gasteiger partial charge in [-0.25, -0.2) is 4.39 Å². The molecule has 26 heavy (non-hydrogen) atoms. The summed E-state index contributed by atoms with van der Waals surface area (Å²) < 4.78 is 13.3. The van der Waals surface area contributed by atoms with Gasteiger partial charge in [-0.15, -0.1) is 0 Å². The van der Waals surface area contributed by atoms with Gasteiger partial charge in [0.2, 0.25) is 0 Å². The quantitative estimate of drug-likeness (QED) is 0.727. The Morgan fingerprint density at radius 3 is 2.58 bits per heavy atom. The molecule has 0 aliphatic heterocycles. The molecule has 0 bridgehead atoms. The number of halogens is 1. The van der Waals surface area contributed by atoms with Crippen molar-refractivity contribution in [1.29, 1.82) is 0 Å². The first-order valence-electron chi connectivity index (χ1n) is 8.50. The highest BCUT2D eigenvalue weighted by atomic mass is 19.1. The number of aromatic nitrogens is 1. The van der Waals surface area contributed by atoms with E-state index in [-0.39, 0.29) is 17.6 Å². The Balaban J connectivity index is 1.80. The van der Waals surface area contributed by atoms with Gasteiger partial charge in [0, 0.05) is 35.2 Å². The second-order valence-electron chi connectivity index (χ2n) is 5.93. The molecule has 0 aliphatic carbocycles. The lowest BCUT2D eigenvalue weighted by atomic mass is 10.1. The monoisotopic (exact) mass is 353 g/mol. The number of nitrogens with one attached hydrogen (secondary N) is 2. The van der Waals surface area contributed by atoms with Gasteiger partial charge >= 0.3 is 0 Å². The van der Waals surface area contributed by atoms with Crippen LogP contribution in [0.4, 0.5) is 10.1 Å². The Labute approximate surface area is 150 Å². The number of carbonyl (C=O) groups excluding carboxylic acids is 2. The Hall–Kier alpha value is -3.15. The summed E-state index contributed by atoms with van der Waals surface area (Å²) in [5, 5.41) is 3.39. The van der Waals surface area contributed by atoms with Crippen LogP contribution in [0.1, 0.15) is 34.7 Å². The third-order valence-electron chi connectivity index (χ3n) is 4.25. The van der Waals surface area contributed by atoms with Crippen LogP contribution >= 0.6 is 0 Å². The zero-order valence-corrected chi connectivity index (χ0v) is 14.7. The second kappa shape index (κ2) is 7.39. The summed E-state index contributed by atoms with van der Waals surface area (Å²) in [6.07, 6.45) is 0. The maximum Gasteiger partial charge on any atom is 0.272 e. The highest BCUT2D eigenvalue weighted by molar-refractivity contribution is 6.06. The molecule has 3 rings (SSSR count). The number of hydrogen-bond acceptors (Lipinski definition) is 2. The van der Waals surface area contributed by atoms with E-state index in [1.54, 1.807) is 41.3 Å². The molecule has 0 unspecified atom stereocenters. The predicted octanol–water partition coefficient (Wildman–Crippen LogP) is 4.04. The summed E-state index contributed by atoms with van der Waals surface area (Å²) in [5.74, 6) is -0.785. The van der Waals surface area contributed by atoms with E-state index in [2.05, 4.69) is 10.3 Å². The van der Waals surface area contributed by atoms with E-state index in [4.69, 9.17) is 0 Å². The van der Waals surface area contributed by atoms with Gasteiger partial charge in [-0.3, -0.25) is 9.59 Å². The van der Waals surface area contributed by atoms with Crippen LogP contribution in [-0.4, -0.2) is 34.8 Å². The number of nitrogens with zero attached hydrogens (tertiary/aromatic N) is 1. The highest BCUT2D eigenvalue weighted by Crippen LogP contribution is 2.19. The van der Waals surface area contributed by atoms with E-state index < -0.39 is 0 Å². The summed E-state index contributed by atoms with van der Waals surface area (Å²) in [6.45, 7) is 5.09. The Kier molecular flexibility index (Phi) is 5.02. The second-order valence-corrected chi connectivity index (χ2v) is 5.93. The van der Waals surface area contributed by atoms with E-state index in [1.807, 2.05) is 13.8 Å². The molecule has 3 aromatic rings. The van der Waals surface area contributed by atoms with Gasteiger partial charge in [-0.05, 0) is 56.3 Å². The Bertz CT molecular complexity index is 961. The van der Waals surface area contributed by atoms with Gasteiger partial charge in [0.1, 0.15) is 11.5 Å². The van der Waals surface area contributed by atoms with Crippen molar-refractivity contribution in [3.8, 4) is 0 Å². The van der Waals surface area contributed by atoms with Gasteiger partial charge < -0.3 is 15.2 Å². The number of carbonyl (C=O) groups is 2. The maximum absolute atomic E-state index is 13.3. The molecule has 0 radical (unpaired) electrons. The van der Waals surface area contributed by atoms with Gasteiger partial charge in [0.05, 0.1) is 0 Å². The lowest BCUT2D eigenvalue weighted by Gasteiger charge is -2.19. The molecule has 2 N–H and O–H groups in total. The first kappa shape index (κ1) is 17.7. The average molecular weight is 353 g/mol. The van der Waals surface area contributed by atoms with Crippen LogP contribution in [0, 0.1) is 5.82 Å². The van der Waals surface area contributed by atoms with Crippen LogP contribution in [0.2, 0.25) is 0 Å². The van der Waals surface area contributed by atoms with Gasteiger partial charge in [-0.1, -0.05) is 6.07 Å².